The first-order chi connectivity index (χ1) is 10.1. The second-order valence-corrected chi connectivity index (χ2v) is 5.02. The summed E-state index contributed by atoms with van der Waals surface area (Å²) in [6.45, 7) is 2.26. The summed E-state index contributed by atoms with van der Waals surface area (Å²) in [6.07, 6.45) is 5.16. The van der Waals surface area contributed by atoms with Gasteiger partial charge in [0.15, 0.2) is 11.3 Å². The molecule has 1 amide bonds. The molecule has 0 radical (unpaired) electrons. The van der Waals surface area contributed by atoms with Crippen molar-refractivity contribution in [2.45, 2.75) is 13.5 Å². The normalized spacial score (nSPS) is 11.0. The zero-order valence-electron chi connectivity index (χ0n) is 11.5. The molecule has 0 bridgehead atoms. The molecule has 0 fully saturated rings. The summed E-state index contributed by atoms with van der Waals surface area (Å²) in [5.74, 6) is -0.339. The van der Waals surface area contributed by atoms with Gasteiger partial charge in [0.1, 0.15) is 5.02 Å². The Hall–Kier alpha value is -2.41. The third-order valence-electron chi connectivity index (χ3n) is 3.11. The van der Waals surface area contributed by atoms with E-state index in [0.717, 1.165) is 11.3 Å². The number of amides is 1. The predicted molar refractivity (Wildman–Crippen MR) is 77.1 cm³/mol. The van der Waals surface area contributed by atoms with E-state index in [1.54, 1.807) is 23.1 Å². The van der Waals surface area contributed by atoms with E-state index in [9.17, 15) is 4.79 Å². The molecule has 3 aromatic rings. The maximum Gasteiger partial charge on any atom is 0.273 e. The third-order valence-corrected chi connectivity index (χ3v) is 3.46. The van der Waals surface area contributed by atoms with E-state index in [0.29, 0.717) is 12.2 Å². The van der Waals surface area contributed by atoms with Crippen molar-refractivity contribution in [3.8, 4) is 0 Å². The number of hydrogen-bond acceptors (Lipinski definition) is 4. The second-order valence-electron chi connectivity index (χ2n) is 4.65. The van der Waals surface area contributed by atoms with Crippen molar-refractivity contribution in [3.63, 3.8) is 0 Å². The summed E-state index contributed by atoms with van der Waals surface area (Å²) < 4.78 is 3.19. The SMILES string of the molecule is Cc1nn(C)cc1CNC(=O)c1nn2cccnc2c1Cl. The molecule has 3 rings (SSSR count). The summed E-state index contributed by atoms with van der Waals surface area (Å²) in [7, 11) is 1.84. The summed E-state index contributed by atoms with van der Waals surface area (Å²) >= 11 is 6.15. The highest BCUT2D eigenvalue weighted by atomic mass is 35.5. The van der Waals surface area contributed by atoms with Crippen molar-refractivity contribution in [1.82, 2.24) is 29.7 Å². The average Bonchev–Trinajstić information content (AvgIpc) is 2.97. The van der Waals surface area contributed by atoms with E-state index in [1.165, 1.54) is 4.52 Å². The number of rotatable bonds is 3. The Kier molecular flexibility index (Phi) is 3.34. The Balaban J connectivity index is 1.81. The van der Waals surface area contributed by atoms with Gasteiger partial charge in [-0.3, -0.25) is 9.48 Å². The second kappa shape index (κ2) is 5.17. The van der Waals surface area contributed by atoms with E-state index < -0.39 is 0 Å². The van der Waals surface area contributed by atoms with Gasteiger partial charge < -0.3 is 5.32 Å². The van der Waals surface area contributed by atoms with E-state index >= 15 is 0 Å². The van der Waals surface area contributed by atoms with Crippen LogP contribution in [0, 0.1) is 6.92 Å². The van der Waals surface area contributed by atoms with Gasteiger partial charge in [-0.25, -0.2) is 9.50 Å². The van der Waals surface area contributed by atoms with E-state index in [1.807, 2.05) is 20.2 Å². The first-order valence-electron chi connectivity index (χ1n) is 6.32. The van der Waals surface area contributed by atoms with Crippen LogP contribution in [0.3, 0.4) is 0 Å². The smallest absolute Gasteiger partial charge is 0.273 e. The number of nitrogens with one attached hydrogen (secondary N) is 1. The minimum Gasteiger partial charge on any atom is -0.346 e. The fourth-order valence-electron chi connectivity index (χ4n) is 2.09. The molecule has 7 nitrogen and oxygen atoms in total. The van der Waals surface area contributed by atoms with Crippen molar-refractivity contribution >= 4 is 23.2 Å². The van der Waals surface area contributed by atoms with Gasteiger partial charge in [0.2, 0.25) is 0 Å². The summed E-state index contributed by atoms with van der Waals surface area (Å²) in [5, 5.41) is 11.4. The lowest BCUT2D eigenvalue weighted by Gasteiger charge is -2.01. The van der Waals surface area contributed by atoms with Crippen LogP contribution < -0.4 is 5.32 Å². The van der Waals surface area contributed by atoms with Gasteiger partial charge in [0.05, 0.1) is 5.69 Å². The molecule has 0 saturated carbocycles. The van der Waals surface area contributed by atoms with E-state index in [-0.39, 0.29) is 16.6 Å². The monoisotopic (exact) mass is 304 g/mol. The lowest BCUT2D eigenvalue weighted by Crippen LogP contribution is -2.23. The highest BCUT2D eigenvalue weighted by Crippen LogP contribution is 2.19. The molecule has 0 aliphatic heterocycles. The summed E-state index contributed by atoms with van der Waals surface area (Å²) in [4.78, 5) is 16.3. The topological polar surface area (TPSA) is 77.1 Å². The van der Waals surface area contributed by atoms with Gasteiger partial charge >= 0.3 is 0 Å². The van der Waals surface area contributed by atoms with Crippen molar-refractivity contribution < 1.29 is 4.79 Å². The van der Waals surface area contributed by atoms with Gasteiger partial charge in [0, 0.05) is 37.7 Å². The van der Waals surface area contributed by atoms with Crippen molar-refractivity contribution in [1.29, 1.82) is 0 Å². The minimum atomic E-state index is -0.339. The number of nitrogens with zero attached hydrogens (tertiary/aromatic N) is 5. The van der Waals surface area contributed by atoms with E-state index in [4.69, 9.17) is 11.6 Å². The van der Waals surface area contributed by atoms with Crippen molar-refractivity contribution in [2.75, 3.05) is 0 Å². The van der Waals surface area contributed by atoms with Crippen LogP contribution in [0.25, 0.3) is 5.65 Å². The molecular formula is C13H13ClN6O. The Bertz CT molecular complexity index is 821. The van der Waals surface area contributed by atoms with Crippen LogP contribution in [-0.2, 0) is 13.6 Å². The molecule has 0 saturated heterocycles. The Labute approximate surface area is 125 Å². The highest BCUT2D eigenvalue weighted by Gasteiger charge is 2.18. The maximum absolute atomic E-state index is 12.2. The Morgan fingerprint density at radius 2 is 2.24 bits per heavy atom. The van der Waals surface area contributed by atoms with Crippen LogP contribution in [0.1, 0.15) is 21.7 Å². The molecule has 0 aliphatic rings. The minimum absolute atomic E-state index is 0.164. The average molecular weight is 305 g/mol. The number of hydrogen-bond donors (Lipinski definition) is 1. The Morgan fingerprint density at radius 1 is 1.43 bits per heavy atom. The lowest BCUT2D eigenvalue weighted by atomic mass is 10.2. The molecule has 0 aliphatic carbocycles. The fraction of sp³-hybridized carbons (Fsp3) is 0.231. The number of aryl methyl sites for hydroxylation is 2. The fourth-order valence-corrected chi connectivity index (χ4v) is 2.34. The zero-order chi connectivity index (χ0) is 15.0. The molecule has 0 unspecified atom stereocenters. The standard InChI is InChI=1S/C13H13ClN6O/c1-8-9(7-19(2)17-8)6-16-13(21)11-10(14)12-15-4-3-5-20(12)18-11/h3-5,7H,6H2,1-2H3,(H,16,21). The number of aromatic nitrogens is 5. The molecule has 3 heterocycles. The molecular weight excluding hydrogens is 292 g/mol. The Morgan fingerprint density at radius 3 is 2.90 bits per heavy atom. The molecule has 0 atom stereocenters. The van der Waals surface area contributed by atoms with Crippen LogP contribution in [0.4, 0.5) is 0 Å². The molecule has 108 valence electrons. The third kappa shape index (κ3) is 2.47. The summed E-state index contributed by atoms with van der Waals surface area (Å²) in [6, 6.07) is 1.72. The number of halogens is 1. The molecule has 0 spiro atoms. The predicted octanol–water partition coefficient (Wildman–Crippen LogP) is 1.35. The zero-order valence-corrected chi connectivity index (χ0v) is 12.3. The van der Waals surface area contributed by atoms with E-state index in [2.05, 4.69) is 20.5 Å². The molecule has 21 heavy (non-hydrogen) atoms. The van der Waals surface area contributed by atoms with Gasteiger partial charge in [-0.05, 0) is 13.0 Å². The summed E-state index contributed by atoms with van der Waals surface area (Å²) in [5.41, 5.74) is 2.45. The first-order valence-corrected chi connectivity index (χ1v) is 6.70. The molecule has 3 aromatic heterocycles. The molecule has 1 N–H and O–H groups in total. The van der Waals surface area contributed by atoms with Crippen LogP contribution in [0.15, 0.2) is 24.7 Å². The maximum atomic E-state index is 12.2. The van der Waals surface area contributed by atoms with Crippen LogP contribution >= 0.6 is 11.6 Å². The van der Waals surface area contributed by atoms with Crippen LogP contribution in [0.2, 0.25) is 5.02 Å². The number of carbonyl (C=O) groups excluding carboxylic acids is 1. The van der Waals surface area contributed by atoms with Crippen molar-refractivity contribution in [3.05, 3.63) is 46.6 Å². The van der Waals surface area contributed by atoms with Gasteiger partial charge in [-0.15, -0.1) is 0 Å². The molecule has 0 aromatic carbocycles. The lowest BCUT2D eigenvalue weighted by molar-refractivity contribution is 0.0945. The van der Waals surface area contributed by atoms with Crippen molar-refractivity contribution in [2.24, 2.45) is 7.05 Å². The van der Waals surface area contributed by atoms with Crippen LogP contribution in [0.5, 0.6) is 0 Å². The van der Waals surface area contributed by atoms with Gasteiger partial charge in [-0.1, -0.05) is 11.6 Å². The molecule has 8 heteroatoms. The van der Waals surface area contributed by atoms with Gasteiger partial charge in [-0.2, -0.15) is 10.2 Å². The number of carbonyl (C=O) groups is 1. The quantitative estimate of drug-likeness (QED) is 0.792. The number of fused-ring (bicyclic) bond motifs is 1. The highest BCUT2D eigenvalue weighted by molar-refractivity contribution is 6.36. The van der Waals surface area contributed by atoms with Crippen LogP contribution in [-0.4, -0.2) is 30.3 Å². The first kappa shape index (κ1) is 13.6. The van der Waals surface area contributed by atoms with Gasteiger partial charge in [0.25, 0.3) is 5.91 Å². The largest absolute Gasteiger partial charge is 0.346 e.